The summed E-state index contributed by atoms with van der Waals surface area (Å²) < 4.78 is 0. The van der Waals surface area contributed by atoms with E-state index in [4.69, 9.17) is 5.73 Å². The number of nitrogens with zero attached hydrogens (tertiary/aromatic N) is 1. The Morgan fingerprint density at radius 2 is 1.71 bits per heavy atom. The molecule has 0 aliphatic carbocycles. The Balaban J connectivity index is 0.00000288. The van der Waals surface area contributed by atoms with Crippen molar-refractivity contribution < 1.29 is 9.59 Å². The second kappa shape index (κ2) is 10.3. The second-order valence-electron chi connectivity index (χ2n) is 6.22. The Bertz CT molecular complexity index is 526. The van der Waals surface area contributed by atoms with Crippen molar-refractivity contribution in [2.45, 2.75) is 45.1 Å². The summed E-state index contributed by atoms with van der Waals surface area (Å²) in [5.41, 5.74) is 7.87. The SMILES string of the molecule is Cc1ccc(C(N)C(=O)NCCC(=O)N2CCCCCC2)cc1.Cl. The third-order valence-electron chi connectivity index (χ3n) is 4.32. The first kappa shape index (κ1) is 20.5. The summed E-state index contributed by atoms with van der Waals surface area (Å²) in [6.07, 6.45) is 4.90. The molecule has 1 aromatic rings. The molecule has 2 rings (SSSR count). The Morgan fingerprint density at radius 1 is 1.12 bits per heavy atom. The average molecular weight is 354 g/mol. The van der Waals surface area contributed by atoms with Crippen LogP contribution in [0.5, 0.6) is 0 Å². The van der Waals surface area contributed by atoms with Crippen LogP contribution in [0, 0.1) is 6.92 Å². The van der Waals surface area contributed by atoms with Crippen molar-refractivity contribution in [2.75, 3.05) is 19.6 Å². The molecule has 1 unspecified atom stereocenters. The van der Waals surface area contributed by atoms with Gasteiger partial charge < -0.3 is 16.0 Å². The van der Waals surface area contributed by atoms with Gasteiger partial charge in [-0.05, 0) is 25.3 Å². The highest BCUT2D eigenvalue weighted by molar-refractivity contribution is 5.85. The van der Waals surface area contributed by atoms with E-state index in [1.54, 1.807) is 0 Å². The van der Waals surface area contributed by atoms with Crippen molar-refractivity contribution in [3.8, 4) is 0 Å². The van der Waals surface area contributed by atoms with E-state index in [0.29, 0.717) is 13.0 Å². The van der Waals surface area contributed by atoms with Gasteiger partial charge >= 0.3 is 0 Å². The number of likely N-dealkylation sites (tertiary alicyclic amines) is 1. The van der Waals surface area contributed by atoms with Gasteiger partial charge in [0, 0.05) is 26.1 Å². The first-order chi connectivity index (χ1) is 11.1. The van der Waals surface area contributed by atoms with Gasteiger partial charge in [-0.1, -0.05) is 42.7 Å². The predicted molar refractivity (Wildman–Crippen MR) is 98.0 cm³/mol. The van der Waals surface area contributed by atoms with E-state index >= 15 is 0 Å². The van der Waals surface area contributed by atoms with E-state index < -0.39 is 6.04 Å². The van der Waals surface area contributed by atoms with Crippen molar-refractivity contribution in [2.24, 2.45) is 5.73 Å². The number of amides is 2. The Kier molecular flexibility index (Phi) is 8.79. The van der Waals surface area contributed by atoms with E-state index in [1.165, 1.54) is 12.8 Å². The first-order valence-corrected chi connectivity index (χ1v) is 8.45. The molecule has 1 saturated heterocycles. The number of carbonyl (C=O) groups excluding carboxylic acids is 2. The lowest BCUT2D eigenvalue weighted by Gasteiger charge is -2.20. The third-order valence-corrected chi connectivity index (χ3v) is 4.32. The van der Waals surface area contributed by atoms with Crippen molar-refractivity contribution in [3.63, 3.8) is 0 Å². The van der Waals surface area contributed by atoms with Crippen LogP contribution in [-0.4, -0.2) is 36.3 Å². The van der Waals surface area contributed by atoms with Crippen LogP contribution >= 0.6 is 12.4 Å². The zero-order valence-electron chi connectivity index (χ0n) is 14.3. The maximum absolute atomic E-state index is 12.2. The van der Waals surface area contributed by atoms with E-state index in [0.717, 1.165) is 37.1 Å². The Morgan fingerprint density at radius 3 is 2.29 bits per heavy atom. The quantitative estimate of drug-likeness (QED) is 0.853. The van der Waals surface area contributed by atoms with Crippen LogP contribution in [0.3, 0.4) is 0 Å². The highest BCUT2D eigenvalue weighted by atomic mass is 35.5. The van der Waals surface area contributed by atoms with Gasteiger partial charge in [0.2, 0.25) is 11.8 Å². The molecule has 134 valence electrons. The number of benzene rings is 1. The number of halogens is 1. The number of rotatable bonds is 5. The average Bonchev–Trinajstić information content (AvgIpc) is 2.84. The summed E-state index contributed by atoms with van der Waals surface area (Å²) in [7, 11) is 0. The molecular weight excluding hydrogens is 326 g/mol. The van der Waals surface area contributed by atoms with Crippen LogP contribution in [0.15, 0.2) is 24.3 Å². The molecule has 1 fully saturated rings. The monoisotopic (exact) mass is 353 g/mol. The lowest BCUT2D eigenvalue weighted by Crippen LogP contribution is -2.38. The van der Waals surface area contributed by atoms with Gasteiger partial charge in [-0.3, -0.25) is 9.59 Å². The van der Waals surface area contributed by atoms with E-state index in [9.17, 15) is 9.59 Å². The maximum atomic E-state index is 12.2. The molecule has 1 heterocycles. The number of nitrogens with two attached hydrogens (primary N) is 1. The van der Waals surface area contributed by atoms with Crippen LogP contribution in [-0.2, 0) is 9.59 Å². The highest BCUT2D eigenvalue weighted by Crippen LogP contribution is 2.12. The van der Waals surface area contributed by atoms with Gasteiger partial charge in [-0.15, -0.1) is 12.4 Å². The smallest absolute Gasteiger partial charge is 0.241 e. The van der Waals surface area contributed by atoms with Crippen LogP contribution in [0.4, 0.5) is 0 Å². The summed E-state index contributed by atoms with van der Waals surface area (Å²) in [5.74, 6) is -0.117. The van der Waals surface area contributed by atoms with Gasteiger partial charge in [-0.2, -0.15) is 0 Å². The minimum Gasteiger partial charge on any atom is -0.354 e. The molecule has 2 amide bonds. The van der Waals surface area contributed by atoms with Crippen LogP contribution < -0.4 is 11.1 Å². The van der Waals surface area contributed by atoms with Gasteiger partial charge in [0.1, 0.15) is 6.04 Å². The molecule has 6 heteroatoms. The van der Waals surface area contributed by atoms with Crippen molar-refractivity contribution >= 4 is 24.2 Å². The van der Waals surface area contributed by atoms with Crippen molar-refractivity contribution in [1.82, 2.24) is 10.2 Å². The summed E-state index contributed by atoms with van der Waals surface area (Å²) in [6, 6.07) is 6.91. The summed E-state index contributed by atoms with van der Waals surface area (Å²) >= 11 is 0. The van der Waals surface area contributed by atoms with Gasteiger partial charge in [0.25, 0.3) is 0 Å². The maximum Gasteiger partial charge on any atom is 0.241 e. The molecule has 3 N–H and O–H groups in total. The number of carbonyl (C=O) groups is 2. The molecule has 0 radical (unpaired) electrons. The number of hydrogen-bond acceptors (Lipinski definition) is 3. The molecule has 0 saturated carbocycles. The molecule has 0 spiro atoms. The third kappa shape index (κ3) is 6.13. The van der Waals surface area contributed by atoms with E-state index in [2.05, 4.69) is 5.32 Å². The summed E-state index contributed by atoms with van der Waals surface area (Å²) in [4.78, 5) is 26.1. The highest BCUT2D eigenvalue weighted by Gasteiger charge is 2.18. The predicted octanol–water partition coefficient (Wildman–Crippen LogP) is 2.33. The topological polar surface area (TPSA) is 75.4 Å². The van der Waals surface area contributed by atoms with Gasteiger partial charge in [0.05, 0.1) is 0 Å². The largest absolute Gasteiger partial charge is 0.354 e. The lowest BCUT2D eigenvalue weighted by atomic mass is 10.1. The van der Waals surface area contributed by atoms with Crippen molar-refractivity contribution in [3.05, 3.63) is 35.4 Å². The Labute approximate surface area is 150 Å². The molecule has 0 aromatic heterocycles. The van der Waals surface area contributed by atoms with Crippen molar-refractivity contribution in [1.29, 1.82) is 0 Å². The minimum absolute atomic E-state index is 0. The fraction of sp³-hybridized carbons (Fsp3) is 0.556. The number of hydrogen-bond donors (Lipinski definition) is 2. The molecule has 1 aliphatic heterocycles. The molecule has 1 aliphatic rings. The van der Waals surface area contributed by atoms with Gasteiger partial charge in [0.15, 0.2) is 0 Å². The fourth-order valence-corrected chi connectivity index (χ4v) is 2.81. The normalized spacial score (nSPS) is 15.8. The van der Waals surface area contributed by atoms with E-state index in [-0.39, 0.29) is 24.2 Å². The van der Waals surface area contributed by atoms with Crippen LogP contribution in [0.1, 0.15) is 49.3 Å². The fourth-order valence-electron chi connectivity index (χ4n) is 2.81. The summed E-state index contributed by atoms with van der Waals surface area (Å²) in [5, 5.41) is 2.77. The molecule has 24 heavy (non-hydrogen) atoms. The van der Waals surface area contributed by atoms with Crippen LogP contribution in [0.2, 0.25) is 0 Å². The number of aryl methyl sites for hydroxylation is 1. The van der Waals surface area contributed by atoms with E-state index in [1.807, 2.05) is 36.1 Å². The Hall–Kier alpha value is -1.59. The molecular formula is C18H28ClN3O2. The zero-order chi connectivity index (χ0) is 16.7. The molecule has 1 atom stereocenters. The van der Waals surface area contributed by atoms with Crippen LogP contribution in [0.25, 0.3) is 0 Å². The standard InChI is InChI=1S/C18H27N3O2.ClH/c1-14-6-8-15(9-7-14)17(19)18(23)20-11-10-16(22)21-12-4-2-3-5-13-21;/h6-9,17H,2-5,10-13,19H2,1H3,(H,20,23);1H. The molecule has 0 bridgehead atoms. The second-order valence-corrected chi connectivity index (χ2v) is 6.22. The molecule has 1 aromatic carbocycles. The lowest BCUT2D eigenvalue weighted by molar-refractivity contribution is -0.131. The van der Waals surface area contributed by atoms with Gasteiger partial charge in [-0.25, -0.2) is 0 Å². The summed E-state index contributed by atoms with van der Waals surface area (Å²) in [6.45, 7) is 4.02. The minimum atomic E-state index is -0.691. The zero-order valence-corrected chi connectivity index (χ0v) is 15.1. The first-order valence-electron chi connectivity index (χ1n) is 8.45. The molecule has 5 nitrogen and oxygen atoms in total. The number of nitrogens with one attached hydrogen (secondary N) is 1.